The first-order valence-electron chi connectivity index (χ1n) is 8.57. The van der Waals surface area contributed by atoms with E-state index in [4.69, 9.17) is 4.74 Å². The maximum absolute atomic E-state index is 12.7. The lowest BCUT2D eigenvalue weighted by atomic mass is 10.0. The molecule has 150 valence electrons. The number of amides is 1. The number of nitrogens with one attached hydrogen (secondary N) is 2. The zero-order chi connectivity index (χ0) is 18.2. The van der Waals surface area contributed by atoms with Gasteiger partial charge in [-0.25, -0.2) is 4.98 Å². The SMILES string of the molecule is COCCNCCNC(=O)c1cc(-c2cccnc2)nc2ccccc12.Cl.Cl. The van der Waals surface area contributed by atoms with Gasteiger partial charge in [-0.1, -0.05) is 18.2 Å². The van der Waals surface area contributed by atoms with Crippen molar-refractivity contribution in [1.29, 1.82) is 0 Å². The molecule has 0 bridgehead atoms. The van der Waals surface area contributed by atoms with Gasteiger partial charge < -0.3 is 15.4 Å². The number of para-hydroxylation sites is 1. The summed E-state index contributed by atoms with van der Waals surface area (Å²) in [5.41, 5.74) is 3.03. The summed E-state index contributed by atoms with van der Waals surface area (Å²) in [4.78, 5) is 21.5. The molecule has 0 atom stereocenters. The van der Waals surface area contributed by atoms with E-state index in [1.807, 2.05) is 42.5 Å². The summed E-state index contributed by atoms with van der Waals surface area (Å²) < 4.78 is 4.98. The largest absolute Gasteiger partial charge is 0.383 e. The van der Waals surface area contributed by atoms with E-state index < -0.39 is 0 Å². The zero-order valence-electron chi connectivity index (χ0n) is 15.6. The minimum Gasteiger partial charge on any atom is -0.383 e. The maximum atomic E-state index is 12.7. The first-order valence-corrected chi connectivity index (χ1v) is 8.57. The van der Waals surface area contributed by atoms with Gasteiger partial charge in [0.1, 0.15) is 0 Å². The normalized spacial score (nSPS) is 10.0. The molecular formula is C20H24Cl2N4O2. The third-order valence-electron chi connectivity index (χ3n) is 3.99. The molecule has 0 radical (unpaired) electrons. The molecule has 0 aliphatic rings. The molecule has 1 aromatic carbocycles. The fourth-order valence-corrected chi connectivity index (χ4v) is 2.68. The van der Waals surface area contributed by atoms with E-state index in [2.05, 4.69) is 20.6 Å². The summed E-state index contributed by atoms with van der Waals surface area (Å²) in [6.07, 6.45) is 3.47. The number of nitrogens with zero attached hydrogens (tertiary/aromatic N) is 2. The van der Waals surface area contributed by atoms with Crippen LogP contribution < -0.4 is 10.6 Å². The number of hydrogen-bond acceptors (Lipinski definition) is 5. The van der Waals surface area contributed by atoms with Crippen molar-refractivity contribution < 1.29 is 9.53 Å². The lowest BCUT2D eigenvalue weighted by Crippen LogP contribution is -2.33. The zero-order valence-corrected chi connectivity index (χ0v) is 17.2. The Labute approximate surface area is 176 Å². The molecule has 0 saturated carbocycles. The van der Waals surface area contributed by atoms with Gasteiger partial charge in [0.2, 0.25) is 0 Å². The van der Waals surface area contributed by atoms with E-state index in [1.54, 1.807) is 19.5 Å². The van der Waals surface area contributed by atoms with Gasteiger partial charge in [-0.2, -0.15) is 0 Å². The second-order valence-electron chi connectivity index (χ2n) is 5.81. The summed E-state index contributed by atoms with van der Waals surface area (Å²) in [6, 6.07) is 13.3. The summed E-state index contributed by atoms with van der Waals surface area (Å²) in [5, 5.41) is 7.01. The summed E-state index contributed by atoms with van der Waals surface area (Å²) in [6.45, 7) is 2.64. The fourth-order valence-electron chi connectivity index (χ4n) is 2.68. The Morgan fingerprint density at radius 2 is 1.89 bits per heavy atom. The highest BCUT2D eigenvalue weighted by atomic mass is 35.5. The van der Waals surface area contributed by atoms with E-state index >= 15 is 0 Å². The van der Waals surface area contributed by atoms with Crippen LogP contribution in [0.5, 0.6) is 0 Å². The molecule has 2 N–H and O–H groups in total. The van der Waals surface area contributed by atoms with Gasteiger partial charge in [0, 0.05) is 50.1 Å². The molecule has 0 aliphatic heterocycles. The molecule has 28 heavy (non-hydrogen) atoms. The van der Waals surface area contributed by atoms with Gasteiger partial charge in [0.15, 0.2) is 0 Å². The Hall–Kier alpha value is -2.25. The van der Waals surface area contributed by atoms with Crippen molar-refractivity contribution in [1.82, 2.24) is 20.6 Å². The number of pyridine rings is 2. The molecule has 2 heterocycles. The second-order valence-corrected chi connectivity index (χ2v) is 5.81. The third-order valence-corrected chi connectivity index (χ3v) is 3.99. The first-order chi connectivity index (χ1) is 12.8. The minimum atomic E-state index is -0.109. The lowest BCUT2D eigenvalue weighted by molar-refractivity contribution is 0.0955. The van der Waals surface area contributed by atoms with Gasteiger partial charge in [0.05, 0.1) is 23.4 Å². The van der Waals surface area contributed by atoms with Crippen LogP contribution in [0.4, 0.5) is 0 Å². The van der Waals surface area contributed by atoms with Gasteiger partial charge >= 0.3 is 0 Å². The molecular weight excluding hydrogens is 399 g/mol. The number of methoxy groups -OCH3 is 1. The summed E-state index contributed by atoms with van der Waals surface area (Å²) >= 11 is 0. The van der Waals surface area contributed by atoms with Crippen molar-refractivity contribution in [3.05, 3.63) is 60.4 Å². The number of fused-ring (bicyclic) bond motifs is 1. The maximum Gasteiger partial charge on any atom is 0.252 e. The number of aromatic nitrogens is 2. The number of hydrogen-bond donors (Lipinski definition) is 2. The van der Waals surface area contributed by atoms with E-state index in [0.29, 0.717) is 25.3 Å². The third kappa shape index (κ3) is 6.14. The number of halogens is 2. The Morgan fingerprint density at radius 3 is 2.64 bits per heavy atom. The standard InChI is InChI=1S/C20H22N4O2.2ClH/c1-26-12-11-21-9-10-23-20(25)17-13-19(15-5-4-8-22-14-15)24-18-7-3-2-6-16(17)18;;/h2-8,13-14,21H,9-12H2,1H3,(H,23,25);2*1H. The van der Waals surface area contributed by atoms with Crippen LogP contribution in [0.3, 0.4) is 0 Å². The van der Waals surface area contributed by atoms with E-state index in [-0.39, 0.29) is 30.7 Å². The van der Waals surface area contributed by atoms with Crippen molar-refractivity contribution >= 4 is 41.6 Å². The van der Waals surface area contributed by atoms with Crippen molar-refractivity contribution in [3.63, 3.8) is 0 Å². The van der Waals surface area contributed by atoms with Crippen LogP contribution in [0, 0.1) is 0 Å². The number of benzene rings is 1. The minimum absolute atomic E-state index is 0. The van der Waals surface area contributed by atoms with Gasteiger partial charge in [0.25, 0.3) is 5.91 Å². The molecule has 0 fully saturated rings. The smallest absolute Gasteiger partial charge is 0.252 e. The molecule has 2 aromatic heterocycles. The summed E-state index contributed by atoms with van der Waals surface area (Å²) in [5.74, 6) is -0.109. The van der Waals surface area contributed by atoms with Crippen LogP contribution in [0.15, 0.2) is 54.9 Å². The van der Waals surface area contributed by atoms with Gasteiger partial charge in [-0.3, -0.25) is 9.78 Å². The predicted octanol–water partition coefficient (Wildman–Crippen LogP) is 3.11. The number of carbonyl (C=O) groups is 1. The average Bonchev–Trinajstić information content (AvgIpc) is 2.70. The van der Waals surface area contributed by atoms with Crippen LogP contribution in [0.2, 0.25) is 0 Å². The van der Waals surface area contributed by atoms with E-state index in [9.17, 15) is 4.79 Å². The number of ether oxygens (including phenoxy) is 1. The molecule has 3 aromatic rings. The lowest BCUT2D eigenvalue weighted by Gasteiger charge is -2.11. The van der Waals surface area contributed by atoms with Crippen LogP contribution in [0.1, 0.15) is 10.4 Å². The van der Waals surface area contributed by atoms with Crippen molar-refractivity contribution in [2.75, 3.05) is 33.4 Å². The molecule has 0 saturated heterocycles. The molecule has 6 nitrogen and oxygen atoms in total. The topological polar surface area (TPSA) is 76.1 Å². The number of rotatable bonds is 8. The van der Waals surface area contributed by atoms with Crippen LogP contribution in [-0.2, 0) is 4.74 Å². The highest BCUT2D eigenvalue weighted by Gasteiger charge is 2.13. The molecule has 0 aliphatic carbocycles. The molecule has 0 unspecified atom stereocenters. The number of carbonyl (C=O) groups excluding carboxylic acids is 1. The summed E-state index contributed by atoms with van der Waals surface area (Å²) in [7, 11) is 1.66. The van der Waals surface area contributed by atoms with Gasteiger partial charge in [-0.05, 0) is 24.3 Å². The van der Waals surface area contributed by atoms with Crippen molar-refractivity contribution in [3.8, 4) is 11.3 Å². The average molecular weight is 423 g/mol. The monoisotopic (exact) mass is 422 g/mol. The van der Waals surface area contributed by atoms with Crippen LogP contribution in [-0.4, -0.2) is 49.2 Å². The highest BCUT2D eigenvalue weighted by Crippen LogP contribution is 2.24. The molecule has 8 heteroatoms. The first kappa shape index (κ1) is 23.8. The van der Waals surface area contributed by atoms with Crippen molar-refractivity contribution in [2.24, 2.45) is 0 Å². The molecule has 0 spiro atoms. The predicted molar refractivity (Wildman–Crippen MR) is 117 cm³/mol. The Kier molecular flexibility index (Phi) is 10.4. The van der Waals surface area contributed by atoms with Crippen LogP contribution in [0.25, 0.3) is 22.2 Å². The van der Waals surface area contributed by atoms with Crippen LogP contribution >= 0.6 is 24.8 Å². The van der Waals surface area contributed by atoms with E-state index in [1.165, 1.54) is 0 Å². The Bertz CT molecular complexity index is 878. The second kappa shape index (κ2) is 12.3. The van der Waals surface area contributed by atoms with Crippen molar-refractivity contribution in [2.45, 2.75) is 0 Å². The highest BCUT2D eigenvalue weighted by molar-refractivity contribution is 6.07. The fraction of sp³-hybridized carbons (Fsp3) is 0.250. The molecule has 3 rings (SSSR count). The van der Waals surface area contributed by atoms with Gasteiger partial charge in [-0.15, -0.1) is 24.8 Å². The quantitative estimate of drug-likeness (QED) is 0.545. The Balaban J connectivity index is 0.00000196. The Morgan fingerprint density at radius 1 is 1.07 bits per heavy atom. The molecule has 1 amide bonds. The van der Waals surface area contributed by atoms with E-state index in [0.717, 1.165) is 28.7 Å².